The van der Waals surface area contributed by atoms with Gasteiger partial charge in [0.1, 0.15) is 5.75 Å². The maximum absolute atomic E-state index is 13.0. The maximum atomic E-state index is 13.0. The lowest BCUT2D eigenvalue weighted by Gasteiger charge is -2.35. The number of fused-ring (bicyclic) bond motifs is 1. The zero-order valence-corrected chi connectivity index (χ0v) is 17.7. The Balaban J connectivity index is 1.81. The monoisotopic (exact) mass is 416 g/mol. The first-order chi connectivity index (χ1) is 13.8. The molecule has 1 aromatic carbocycles. The number of nitrogens with zero attached hydrogens (tertiary/aromatic N) is 3. The van der Waals surface area contributed by atoms with E-state index in [4.69, 9.17) is 4.74 Å². The fourth-order valence-electron chi connectivity index (χ4n) is 3.23. The molecule has 0 spiro atoms. The number of aromatic amines is 1. The standard InChI is InChI=1S/C20H24N4O4S/c1-12-13(18(26)22-20(21-12)29-4)9-10-17(25)24-11-16(19(27)23(2)3)28-15-8-6-5-7-14(15)24/h5-8,16H,9-11H2,1-4H3,(H,21,22,26)/t16-/m0/s1. The molecule has 2 amide bonds. The molecule has 0 saturated carbocycles. The molecule has 0 radical (unpaired) electrons. The molecular formula is C20H24N4O4S. The fraction of sp³-hybridized carbons (Fsp3) is 0.400. The third-order valence-corrected chi connectivity index (χ3v) is 5.35. The number of nitrogens with one attached hydrogen (secondary N) is 1. The zero-order valence-electron chi connectivity index (χ0n) is 16.9. The minimum atomic E-state index is -0.767. The van der Waals surface area contributed by atoms with Gasteiger partial charge < -0.3 is 19.5 Å². The molecule has 1 N–H and O–H groups in total. The highest BCUT2D eigenvalue weighted by molar-refractivity contribution is 7.98. The Hall–Kier alpha value is -2.81. The molecule has 8 nitrogen and oxygen atoms in total. The minimum absolute atomic E-state index is 0.126. The molecular weight excluding hydrogens is 392 g/mol. The van der Waals surface area contributed by atoms with Crippen LogP contribution in [0.5, 0.6) is 5.75 Å². The van der Waals surface area contributed by atoms with Gasteiger partial charge in [-0.15, -0.1) is 0 Å². The number of hydrogen-bond donors (Lipinski definition) is 1. The largest absolute Gasteiger partial charge is 0.476 e. The predicted molar refractivity (Wildman–Crippen MR) is 112 cm³/mol. The van der Waals surface area contributed by atoms with Crippen molar-refractivity contribution in [2.75, 3.05) is 31.8 Å². The van der Waals surface area contributed by atoms with Crippen LogP contribution in [0.15, 0.2) is 34.2 Å². The van der Waals surface area contributed by atoms with Crippen LogP contribution in [-0.2, 0) is 16.0 Å². The molecule has 0 fully saturated rings. The number of anilines is 1. The summed E-state index contributed by atoms with van der Waals surface area (Å²) in [6, 6.07) is 7.14. The summed E-state index contributed by atoms with van der Waals surface area (Å²) in [5.41, 5.74) is 1.52. The van der Waals surface area contributed by atoms with Crippen LogP contribution in [-0.4, -0.2) is 59.7 Å². The first kappa shape index (κ1) is 20.9. The van der Waals surface area contributed by atoms with Crippen LogP contribution in [0, 0.1) is 6.92 Å². The second-order valence-corrected chi connectivity index (χ2v) is 7.75. The molecule has 1 aromatic heterocycles. The second-order valence-electron chi connectivity index (χ2n) is 6.95. The van der Waals surface area contributed by atoms with E-state index in [9.17, 15) is 14.4 Å². The van der Waals surface area contributed by atoms with E-state index in [-0.39, 0.29) is 36.8 Å². The Kier molecular flexibility index (Phi) is 6.26. The van der Waals surface area contributed by atoms with E-state index in [1.54, 1.807) is 44.1 Å². The van der Waals surface area contributed by atoms with Gasteiger partial charge in [0.25, 0.3) is 11.5 Å². The number of rotatable bonds is 5. The molecule has 2 aromatic rings. The van der Waals surface area contributed by atoms with Crippen molar-refractivity contribution in [1.82, 2.24) is 14.9 Å². The van der Waals surface area contributed by atoms with Gasteiger partial charge in [-0.3, -0.25) is 14.4 Å². The first-order valence-corrected chi connectivity index (χ1v) is 10.4. The highest BCUT2D eigenvalue weighted by Gasteiger charge is 2.34. The smallest absolute Gasteiger partial charge is 0.265 e. The Morgan fingerprint density at radius 3 is 2.72 bits per heavy atom. The molecule has 1 atom stereocenters. The average Bonchev–Trinajstić information content (AvgIpc) is 2.71. The minimum Gasteiger partial charge on any atom is -0.476 e. The molecule has 1 aliphatic rings. The van der Waals surface area contributed by atoms with Crippen LogP contribution in [0.3, 0.4) is 0 Å². The fourth-order valence-corrected chi connectivity index (χ4v) is 3.65. The second kappa shape index (κ2) is 8.69. The number of benzene rings is 1. The van der Waals surface area contributed by atoms with Crippen molar-refractivity contribution in [2.24, 2.45) is 0 Å². The quantitative estimate of drug-likeness (QED) is 0.588. The van der Waals surface area contributed by atoms with Crippen molar-refractivity contribution in [3.8, 4) is 5.75 Å². The average molecular weight is 417 g/mol. The number of likely N-dealkylation sites (N-methyl/N-ethyl adjacent to an activating group) is 1. The number of ether oxygens (including phenoxy) is 1. The van der Waals surface area contributed by atoms with Crippen LogP contribution in [0.25, 0.3) is 0 Å². The van der Waals surface area contributed by atoms with Crippen LogP contribution in [0.2, 0.25) is 0 Å². The number of H-pyrrole nitrogens is 1. The number of thioether (sulfide) groups is 1. The van der Waals surface area contributed by atoms with Crippen molar-refractivity contribution >= 4 is 29.3 Å². The van der Waals surface area contributed by atoms with E-state index in [0.717, 1.165) is 0 Å². The van der Waals surface area contributed by atoms with Crippen molar-refractivity contribution < 1.29 is 14.3 Å². The van der Waals surface area contributed by atoms with Crippen molar-refractivity contribution in [2.45, 2.75) is 31.0 Å². The summed E-state index contributed by atoms with van der Waals surface area (Å²) >= 11 is 1.36. The number of carbonyl (C=O) groups excluding carboxylic acids is 2. The SMILES string of the molecule is CSc1nc(C)c(CCC(=O)N2C[C@@H](C(=O)N(C)C)Oc3ccccc32)c(=O)[nH]1. The van der Waals surface area contributed by atoms with Gasteiger partial charge in [0.2, 0.25) is 5.91 Å². The number of hydrogen-bond acceptors (Lipinski definition) is 6. The predicted octanol–water partition coefficient (Wildman–Crippen LogP) is 1.62. The molecule has 0 unspecified atom stereocenters. The van der Waals surface area contributed by atoms with E-state index in [0.29, 0.717) is 27.9 Å². The van der Waals surface area contributed by atoms with Crippen LogP contribution < -0.4 is 15.2 Å². The van der Waals surface area contributed by atoms with E-state index < -0.39 is 6.10 Å². The Morgan fingerprint density at radius 2 is 2.07 bits per heavy atom. The normalized spacial score (nSPS) is 15.4. The highest BCUT2D eigenvalue weighted by Crippen LogP contribution is 2.34. The van der Waals surface area contributed by atoms with Gasteiger partial charge in [0.15, 0.2) is 11.3 Å². The van der Waals surface area contributed by atoms with Gasteiger partial charge in [-0.25, -0.2) is 4.98 Å². The van der Waals surface area contributed by atoms with Gasteiger partial charge in [-0.2, -0.15) is 0 Å². The summed E-state index contributed by atoms with van der Waals surface area (Å²) < 4.78 is 5.81. The number of para-hydroxylation sites is 2. The lowest BCUT2D eigenvalue weighted by atomic mass is 10.1. The number of aromatic nitrogens is 2. The van der Waals surface area contributed by atoms with Gasteiger partial charge in [-0.05, 0) is 31.7 Å². The van der Waals surface area contributed by atoms with Crippen LogP contribution in [0.4, 0.5) is 5.69 Å². The Bertz CT molecular complexity index is 989. The van der Waals surface area contributed by atoms with Crippen LogP contribution >= 0.6 is 11.8 Å². The third-order valence-electron chi connectivity index (χ3n) is 4.77. The van der Waals surface area contributed by atoms with Crippen molar-refractivity contribution in [3.05, 3.63) is 45.9 Å². The topological polar surface area (TPSA) is 95.6 Å². The van der Waals surface area contributed by atoms with Crippen molar-refractivity contribution in [3.63, 3.8) is 0 Å². The van der Waals surface area contributed by atoms with Gasteiger partial charge in [0.05, 0.1) is 12.2 Å². The zero-order chi connectivity index (χ0) is 21.1. The summed E-state index contributed by atoms with van der Waals surface area (Å²) in [6.07, 6.45) is 1.47. The molecule has 0 aliphatic carbocycles. The number of aryl methyl sites for hydroxylation is 1. The summed E-state index contributed by atoms with van der Waals surface area (Å²) in [6.45, 7) is 1.90. The van der Waals surface area contributed by atoms with E-state index in [1.807, 2.05) is 12.3 Å². The van der Waals surface area contributed by atoms with Crippen LogP contribution in [0.1, 0.15) is 17.7 Å². The summed E-state index contributed by atoms with van der Waals surface area (Å²) in [4.78, 5) is 47.8. The molecule has 9 heteroatoms. The lowest BCUT2D eigenvalue weighted by Crippen LogP contribution is -2.50. The number of amides is 2. The Labute approximate surface area is 173 Å². The molecule has 2 heterocycles. The molecule has 3 rings (SSSR count). The first-order valence-electron chi connectivity index (χ1n) is 9.22. The van der Waals surface area contributed by atoms with E-state index in [2.05, 4.69) is 9.97 Å². The van der Waals surface area contributed by atoms with E-state index in [1.165, 1.54) is 16.7 Å². The molecule has 0 saturated heterocycles. The van der Waals surface area contributed by atoms with Gasteiger partial charge >= 0.3 is 0 Å². The molecule has 1 aliphatic heterocycles. The molecule has 154 valence electrons. The summed E-state index contributed by atoms with van der Waals surface area (Å²) in [5.74, 6) is 0.110. The number of carbonyl (C=O) groups is 2. The van der Waals surface area contributed by atoms with Gasteiger partial charge in [0, 0.05) is 31.8 Å². The summed E-state index contributed by atoms with van der Waals surface area (Å²) in [7, 11) is 3.30. The van der Waals surface area contributed by atoms with E-state index >= 15 is 0 Å². The maximum Gasteiger partial charge on any atom is 0.265 e. The lowest BCUT2D eigenvalue weighted by molar-refractivity contribution is -0.136. The summed E-state index contributed by atoms with van der Waals surface area (Å²) in [5, 5.41) is 0.551. The molecule has 29 heavy (non-hydrogen) atoms. The Morgan fingerprint density at radius 1 is 1.34 bits per heavy atom. The van der Waals surface area contributed by atoms with Gasteiger partial charge in [-0.1, -0.05) is 23.9 Å². The highest BCUT2D eigenvalue weighted by atomic mass is 32.2. The third kappa shape index (κ3) is 4.45. The molecule has 0 bridgehead atoms. The van der Waals surface area contributed by atoms with Crippen molar-refractivity contribution in [1.29, 1.82) is 0 Å².